The van der Waals surface area contributed by atoms with Gasteiger partial charge in [-0.3, -0.25) is 0 Å². The molecule has 0 aromatic heterocycles. The van der Waals surface area contributed by atoms with E-state index in [1.165, 1.54) is 32.8 Å². The van der Waals surface area contributed by atoms with Crippen LogP contribution in [0.4, 0.5) is 9.59 Å². The van der Waals surface area contributed by atoms with Crippen LogP contribution in [-0.4, -0.2) is 61.3 Å². The number of carbonyl (C=O) groups excluding carboxylic acids is 2. The van der Waals surface area contributed by atoms with E-state index in [0.29, 0.717) is 19.1 Å². The molecule has 6 nitrogen and oxygen atoms in total. The Morgan fingerprint density at radius 1 is 1.09 bits per heavy atom. The SMILES string of the molecule is COC(=O)N1CCC(NC(=O)N(C)C(C2CC2)C2CC2)CC1. The highest BCUT2D eigenvalue weighted by molar-refractivity contribution is 5.75. The molecule has 3 aliphatic rings. The topological polar surface area (TPSA) is 61.9 Å². The van der Waals surface area contributed by atoms with Crippen molar-refractivity contribution in [3.63, 3.8) is 0 Å². The molecule has 2 aliphatic carbocycles. The van der Waals surface area contributed by atoms with Gasteiger partial charge < -0.3 is 19.9 Å². The number of carbonyl (C=O) groups is 2. The Hall–Kier alpha value is -1.46. The van der Waals surface area contributed by atoms with E-state index in [2.05, 4.69) is 5.32 Å². The Balaban J connectivity index is 1.46. The second-order valence-electron chi connectivity index (χ2n) is 6.96. The van der Waals surface area contributed by atoms with Gasteiger partial charge in [0.05, 0.1) is 7.11 Å². The van der Waals surface area contributed by atoms with Crippen molar-refractivity contribution in [2.75, 3.05) is 27.2 Å². The van der Waals surface area contributed by atoms with Crippen molar-refractivity contribution in [3.8, 4) is 0 Å². The largest absolute Gasteiger partial charge is 0.453 e. The third kappa shape index (κ3) is 3.47. The summed E-state index contributed by atoms with van der Waals surface area (Å²) in [5.41, 5.74) is 0. The zero-order valence-corrected chi connectivity index (χ0v) is 13.6. The van der Waals surface area contributed by atoms with Crippen LogP contribution in [0.1, 0.15) is 38.5 Å². The van der Waals surface area contributed by atoms with E-state index >= 15 is 0 Å². The van der Waals surface area contributed by atoms with Crippen molar-refractivity contribution >= 4 is 12.1 Å². The standard InChI is InChI=1S/C16H27N3O3/c1-18(14(11-3-4-11)12-5-6-12)15(20)17-13-7-9-19(10-8-13)16(21)22-2/h11-14H,3-10H2,1-2H3,(H,17,20). The number of hydrogen-bond acceptors (Lipinski definition) is 3. The molecule has 124 valence electrons. The fourth-order valence-corrected chi connectivity index (χ4v) is 3.64. The molecule has 0 spiro atoms. The van der Waals surface area contributed by atoms with Crippen LogP contribution in [0.2, 0.25) is 0 Å². The predicted octanol–water partition coefficient (Wildman–Crippen LogP) is 2.05. The number of likely N-dealkylation sites (tertiary alicyclic amines) is 1. The first kappa shape index (κ1) is 15.4. The number of methoxy groups -OCH3 is 1. The first-order valence-corrected chi connectivity index (χ1v) is 8.46. The molecule has 1 aliphatic heterocycles. The van der Waals surface area contributed by atoms with Crippen LogP contribution < -0.4 is 5.32 Å². The maximum Gasteiger partial charge on any atom is 0.409 e. The van der Waals surface area contributed by atoms with E-state index in [1.54, 1.807) is 4.90 Å². The predicted molar refractivity (Wildman–Crippen MR) is 82.5 cm³/mol. The second kappa shape index (κ2) is 6.34. The van der Waals surface area contributed by atoms with E-state index in [9.17, 15) is 9.59 Å². The summed E-state index contributed by atoms with van der Waals surface area (Å²) in [6.07, 6.45) is 6.42. The maximum absolute atomic E-state index is 12.5. The number of ether oxygens (including phenoxy) is 1. The number of nitrogens with zero attached hydrogens (tertiary/aromatic N) is 2. The zero-order valence-electron chi connectivity index (χ0n) is 13.6. The third-order valence-corrected chi connectivity index (χ3v) is 5.23. The highest BCUT2D eigenvalue weighted by atomic mass is 16.5. The van der Waals surface area contributed by atoms with Gasteiger partial charge in [-0.15, -0.1) is 0 Å². The Morgan fingerprint density at radius 2 is 1.64 bits per heavy atom. The molecular weight excluding hydrogens is 282 g/mol. The molecule has 3 fully saturated rings. The molecule has 3 amide bonds. The summed E-state index contributed by atoms with van der Waals surface area (Å²) in [5, 5.41) is 3.15. The molecule has 0 bridgehead atoms. The molecule has 2 saturated carbocycles. The number of nitrogens with one attached hydrogen (secondary N) is 1. The molecule has 1 heterocycles. The normalized spacial score (nSPS) is 22.6. The average Bonchev–Trinajstić information content (AvgIpc) is 3.41. The van der Waals surface area contributed by atoms with Gasteiger partial charge in [0.2, 0.25) is 0 Å². The molecule has 0 unspecified atom stereocenters. The molecule has 0 atom stereocenters. The summed E-state index contributed by atoms with van der Waals surface area (Å²) in [7, 11) is 3.35. The maximum atomic E-state index is 12.5. The summed E-state index contributed by atoms with van der Waals surface area (Å²) in [5.74, 6) is 1.45. The molecule has 22 heavy (non-hydrogen) atoms. The van der Waals surface area contributed by atoms with Crippen molar-refractivity contribution in [1.82, 2.24) is 15.1 Å². The zero-order chi connectivity index (χ0) is 15.7. The van der Waals surface area contributed by atoms with E-state index < -0.39 is 0 Å². The van der Waals surface area contributed by atoms with Crippen LogP contribution >= 0.6 is 0 Å². The van der Waals surface area contributed by atoms with Crippen molar-refractivity contribution in [1.29, 1.82) is 0 Å². The fraction of sp³-hybridized carbons (Fsp3) is 0.875. The Bertz CT molecular complexity index is 414. The van der Waals surface area contributed by atoms with Gasteiger partial charge in [-0.2, -0.15) is 0 Å². The number of urea groups is 1. The number of piperidine rings is 1. The Labute approximate surface area is 132 Å². The third-order valence-electron chi connectivity index (χ3n) is 5.23. The first-order chi connectivity index (χ1) is 10.6. The highest BCUT2D eigenvalue weighted by Crippen LogP contribution is 2.46. The van der Waals surface area contributed by atoms with Crippen LogP contribution in [-0.2, 0) is 4.74 Å². The highest BCUT2D eigenvalue weighted by Gasteiger charge is 2.45. The summed E-state index contributed by atoms with van der Waals surface area (Å²) in [6, 6.07) is 0.658. The van der Waals surface area contributed by atoms with Gasteiger partial charge in [0, 0.05) is 32.2 Å². The monoisotopic (exact) mass is 309 g/mol. The van der Waals surface area contributed by atoms with E-state index in [4.69, 9.17) is 4.74 Å². The van der Waals surface area contributed by atoms with Crippen LogP contribution in [0.3, 0.4) is 0 Å². The van der Waals surface area contributed by atoms with Crippen LogP contribution in [0.15, 0.2) is 0 Å². The van der Waals surface area contributed by atoms with Gasteiger partial charge in [0.25, 0.3) is 0 Å². The van der Waals surface area contributed by atoms with Crippen molar-refractivity contribution in [2.24, 2.45) is 11.8 Å². The molecule has 0 radical (unpaired) electrons. The van der Waals surface area contributed by atoms with Crippen LogP contribution in [0, 0.1) is 11.8 Å². The van der Waals surface area contributed by atoms with Gasteiger partial charge in [0.1, 0.15) is 0 Å². The van der Waals surface area contributed by atoms with Crippen molar-refractivity contribution in [3.05, 3.63) is 0 Å². The lowest BCUT2D eigenvalue weighted by molar-refractivity contribution is 0.109. The number of amides is 3. The first-order valence-electron chi connectivity index (χ1n) is 8.46. The summed E-state index contributed by atoms with van der Waals surface area (Å²) in [4.78, 5) is 27.6. The summed E-state index contributed by atoms with van der Waals surface area (Å²) in [6.45, 7) is 1.30. The van der Waals surface area contributed by atoms with Crippen LogP contribution in [0.5, 0.6) is 0 Å². The minimum atomic E-state index is -0.274. The molecule has 1 N–H and O–H groups in total. The van der Waals surface area contributed by atoms with Gasteiger partial charge in [-0.25, -0.2) is 9.59 Å². The van der Waals surface area contributed by atoms with Crippen LogP contribution in [0.25, 0.3) is 0 Å². The minimum absolute atomic E-state index is 0.0559. The molecule has 6 heteroatoms. The van der Waals surface area contributed by atoms with Gasteiger partial charge in [-0.05, 0) is 50.4 Å². The summed E-state index contributed by atoms with van der Waals surface area (Å²) < 4.78 is 4.73. The van der Waals surface area contributed by atoms with Crippen molar-refractivity contribution in [2.45, 2.75) is 50.6 Å². The van der Waals surface area contributed by atoms with E-state index in [1.807, 2.05) is 11.9 Å². The second-order valence-corrected chi connectivity index (χ2v) is 6.96. The Kier molecular flexibility index (Phi) is 4.45. The van der Waals surface area contributed by atoms with E-state index in [0.717, 1.165) is 24.7 Å². The Morgan fingerprint density at radius 3 is 2.09 bits per heavy atom. The van der Waals surface area contributed by atoms with Gasteiger partial charge >= 0.3 is 12.1 Å². The van der Waals surface area contributed by atoms with E-state index in [-0.39, 0.29) is 18.2 Å². The van der Waals surface area contributed by atoms with Gasteiger partial charge in [0.15, 0.2) is 0 Å². The van der Waals surface area contributed by atoms with Crippen molar-refractivity contribution < 1.29 is 14.3 Å². The number of rotatable bonds is 4. The number of hydrogen-bond donors (Lipinski definition) is 1. The lowest BCUT2D eigenvalue weighted by Gasteiger charge is -2.34. The lowest BCUT2D eigenvalue weighted by atomic mass is 10.0. The average molecular weight is 309 g/mol. The molecule has 0 aromatic carbocycles. The smallest absolute Gasteiger partial charge is 0.409 e. The minimum Gasteiger partial charge on any atom is -0.453 e. The molecule has 0 aromatic rings. The molecule has 3 rings (SSSR count). The fourth-order valence-electron chi connectivity index (χ4n) is 3.64. The summed E-state index contributed by atoms with van der Waals surface area (Å²) >= 11 is 0. The molecular formula is C16H27N3O3. The molecule has 1 saturated heterocycles. The quantitative estimate of drug-likeness (QED) is 0.864. The lowest BCUT2D eigenvalue weighted by Crippen LogP contribution is -2.52. The van der Waals surface area contributed by atoms with Gasteiger partial charge in [-0.1, -0.05) is 0 Å².